The average molecular weight is 192 g/mol. The summed E-state index contributed by atoms with van der Waals surface area (Å²) in [4.78, 5) is 0. The van der Waals surface area contributed by atoms with Gasteiger partial charge in [0.15, 0.2) is 0 Å². The molecule has 0 spiro atoms. The van der Waals surface area contributed by atoms with Crippen molar-refractivity contribution in [1.82, 2.24) is 0 Å². The highest BCUT2D eigenvalue weighted by molar-refractivity contribution is 5.51. The van der Waals surface area contributed by atoms with Crippen LogP contribution in [0.2, 0.25) is 0 Å². The first-order valence-corrected chi connectivity index (χ1v) is 4.71. The maximum atomic E-state index is 5.47. The minimum Gasteiger partial charge on any atom is -0.491 e. The summed E-state index contributed by atoms with van der Waals surface area (Å²) in [6.07, 6.45) is 4.05. The van der Waals surface area contributed by atoms with Gasteiger partial charge in [0, 0.05) is 7.11 Å². The van der Waals surface area contributed by atoms with Crippen LogP contribution in [-0.2, 0) is 4.74 Å². The van der Waals surface area contributed by atoms with Gasteiger partial charge in [-0.25, -0.2) is 0 Å². The predicted molar refractivity (Wildman–Crippen MR) is 58.5 cm³/mol. The van der Waals surface area contributed by atoms with Crippen molar-refractivity contribution in [3.05, 3.63) is 35.9 Å². The van der Waals surface area contributed by atoms with Crippen molar-refractivity contribution >= 4 is 6.08 Å². The van der Waals surface area contributed by atoms with E-state index in [4.69, 9.17) is 9.47 Å². The first-order chi connectivity index (χ1) is 6.86. The molecule has 0 heterocycles. The number of hydrogen-bond acceptors (Lipinski definition) is 2. The number of ether oxygens (including phenoxy) is 2. The third-order valence-electron chi connectivity index (χ3n) is 1.77. The minimum atomic E-state index is 0.593. The van der Waals surface area contributed by atoms with E-state index < -0.39 is 0 Å². The topological polar surface area (TPSA) is 18.5 Å². The number of allylic oxidation sites excluding steroid dienone is 1. The molecule has 1 rings (SSSR count). The molecule has 2 heteroatoms. The molecule has 1 aromatic carbocycles. The first kappa shape index (κ1) is 10.8. The van der Waals surface area contributed by atoms with Crippen LogP contribution >= 0.6 is 0 Å². The molecule has 0 bridgehead atoms. The summed E-state index contributed by atoms with van der Waals surface area (Å²) in [5.74, 6) is 0.887. The molecule has 0 atom stereocenters. The zero-order valence-electron chi connectivity index (χ0n) is 8.69. The van der Waals surface area contributed by atoms with E-state index in [-0.39, 0.29) is 0 Å². The van der Waals surface area contributed by atoms with E-state index in [1.54, 1.807) is 7.11 Å². The van der Waals surface area contributed by atoms with Crippen LogP contribution in [0.5, 0.6) is 5.75 Å². The summed E-state index contributed by atoms with van der Waals surface area (Å²) < 4.78 is 10.4. The molecule has 0 aliphatic rings. The molecule has 0 saturated heterocycles. The summed E-state index contributed by atoms with van der Waals surface area (Å²) in [6.45, 7) is 3.21. The Bertz CT molecular complexity index is 292. The molecule has 0 aliphatic carbocycles. The average Bonchev–Trinajstić information content (AvgIpc) is 2.19. The summed E-state index contributed by atoms with van der Waals surface area (Å²) in [5.41, 5.74) is 1.16. The van der Waals surface area contributed by atoms with Crippen LogP contribution in [0.15, 0.2) is 30.3 Å². The highest BCUT2D eigenvalue weighted by atomic mass is 16.5. The highest BCUT2D eigenvalue weighted by Gasteiger charge is 1.93. The maximum absolute atomic E-state index is 5.47. The Kier molecular flexibility index (Phi) is 4.79. The van der Waals surface area contributed by atoms with Crippen molar-refractivity contribution in [2.45, 2.75) is 6.92 Å². The Morgan fingerprint density at radius 1 is 1.29 bits per heavy atom. The van der Waals surface area contributed by atoms with E-state index in [0.29, 0.717) is 13.2 Å². The molecule has 0 N–H and O–H groups in total. The molecule has 0 fully saturated rings. The number of hydrogen-bond donors (Lipinski definition) is 0. The molecule has 2 nitrogen and oxygen atoms in total. The van der Waals surface area contributed by atoms with Gasteiger partial charge in [0.1, 0.15) is 12.4 Å². The van der Waals surface area contributed by atoms with Gasteiger partial charge < -0.3 is 9.47 Å². The van der Waals surface area contributed by atoms with Gasteiger partial charge in [0.25, 0.3) is 0 Å². The quantitative estimate of drug-likeness (QED) is 0.668. The van der Waals surface area contributed by atoms with Gasteiger partial charge in [-0.3, -0.25) is 0 Å². The molecule has 14 heavy (non-hydrogen) atoms. The second-order valence-corrected chi connectivity index (χ2v) is 2.91. The van der Waals surface area contributed by atoms with Crippen molar-refractivity contribution in [1.29, 1.82) is 0 Å². The van der Waals surface area contributed by atoms with Crippen molar-refractivity contribution in [3.63, 3.8) is 0 Å². The lowest BCUT2D eigenvalue weighted by Crippen LogP contribution is -2.04. The van der Waals surface area contributed by atoms with E-state index in [9.17, 15) is 0 Å². The summed E-state index contributed by atoms with van der Waals surface area (Å²) in [5, 5.41) is 0. The lowest BCUT2D eigenvalue weighted by Gasteiger charge is -2.05. The van der Waals surface area contributed by atoms with Gasteiger partial charge in [-0.15, -0.1) is 0 Å². The Hall–Kier alpha value is -1.28. The molecule has 0 radical (unpaired) electrons. The van der Waals surface area contributed by atoms with Gasteiger partial charge in [0.05, 0.1) is 6.61 Å². The fraction of sp³-hybridized carbons (Fsp3) is 0.333. The first-order valence-electron chi connectivity index (χ1n) is 4.71. The SMILES string of the molecule is CC=Cc1cccc(OCCOC)c1. The number of methoxy groups -OCH3 is 1. The molecule has 0 aromatic heterocycles. The Morgan fingerprint density at radius 2 is 2.14 bits per heavy atom. The molecular weight excluding hydrogens is 176 g/mol. The summed E-state index contributed by atoms with van der Waals surface area (Å²) in [7, 11) is 1.67. The molecule has 0 amide bonds. The number of rotatable bonds is 5. The van der Waals surface area contributed by atoms with Gasteiger partial charge in [-0.05, 0) is 24.6 Å². The molecule has 0 saturated carbocycles. The van der Waals surface area contributed by atoms with Crippen LogP contribution < -0.4 is 4.74 Å². The Morgan fingerprint density at radius 3 is 2.86 bits per heavy atom. The lowest BCUT2D eigenvalue weighted by molar-refractivity contribution is 0.146. The summed E-state index contributed by atoms with van der Waals surface area (Å²) >= 11 is 0. The van der Waals surface area contributed by atoms with Gasteiger partial charge in [0.2, 0.25) is 0 Å². The van der Waals surface area contributed by atoms with Gasteiger partial charge >= 0.3 is 0 Å². The van der Waals surface area contributed by atoms with Gasteiger partial charge in [-0.1, -0.05) is 24.3 Å². The Labute approximate surface area is 85.2 Å². The van der Waals surface area contributed by atoms with Crippen LogP contribution in [0.25, 0.3) is 6.08 Å². The lowest BCUT2D eigenvalue weighted by atomic mass is 10.2. The standard InChI is InChI=1S/C12H16O2/c1-3-5-11-6-4-7-12(10-11)14-9-8-13-2/h3-7,10H,8-9H2,1-2H3. The van der Waals surface area contributed by atoms with Crippen molar-refractivity contribution in [3.8, 4) is 5.75 Å². The largest absolute Gasteiger partial charge is 0.491 e. The second-order valence-electron chi connectivity index (χ2n) is 2.91. The molecule has 76 valence electrons. The van der Waals surface area contributed by atoms with Crippen LogP contribution in [0.3, 0.4) is 0 Å². The normalized spacial score (nSPS) is 10.7. The molecule has 0 aliphatic heterocycles. The maximum Gasteiger partial charge on any atom is 0.120 e. The van der Waals surface area contributed by atoms with Crippen LogP contribution in [-0.4, -0.2) is 20.3 Å². The van der Waals surface area contributed by atoms with E-state index >= 15 is 0 Å². The third kappa shape index (κ3) is 3.62. The zero-order valence-corrected chi connectivity index (χ0v) is 8.69. The van der Waals surface area contributed by atoms with E-state index in [1.165, 1.54) is 0 Å². The van der Waals surface area contributed by atoms with Gasteiger partial charge in [-0.2, -0.15) is 0 Å². The smallest absolute Gasteiger partial charge is 0.120 e. The fourth-order valence-corrected chi connectivity index (χ4v) is 1.14. The fourth-order valence-electron chi connectivity index (χ4n) is 1.14. The second kappa shape index (κ2) is 6.22. The highest BCUT2D eigenvalue weighted by Crippen LogP contribution is 2.14. The van der Waals surface area contributed by atoms with E-state index in [2.05, 4.69) is 0 Å². The van der Waals surface area contributed by atoms with Crippen LogP contribution in [0, 0.1) is 0 Å². The van der Waals surface area contributed by atoms with Crippen LogP contribution in [0.4, 0.5) is 0 Å². The van der Waals surface area contributed by atoms with E-state index in [1.807, 2.05) is 43.3 Å². The van der Waals surface area contributed by atoms with Crippen molar-refractivity contribution in [2.24, 2.45) is 0 Å². The minimum absolute atomic E-state index is 0.593. The predicted octanol–water partition coefficient (Wildman–Crippen LogP) is 2.74. The Balaban J connectivity index is 2.54. The van der Waals surface area contributed by atoms with E-state index in [0.717, 1.165) is 11.3 Å². The number of benzene rings is 1. The molecular formula is C12H16O2. The monoisotopic (exact) mass is 192 g/mol. The van der Waals surface area contributed by atoms with Crippen LogP contribution in [0.1, 0.15) is 12.5 Å². The van der Waals surface area contributed by atoms with Crippen molar-refractivity contribution < 1.29 is 9.47 Å². The zero-order chi connectivity index (χ0) is 10.2. The summed E-state index contributed by atoms with van der Waals surface area (Å²) in [6, 6.07) is 7.99. The molecule has 1 aromatic rings. The van der Waals surface area contributed by atoms with Crippen molar-refractivity contribution in [2.75, 3.05) is 20.3 Å². The molecule has 0 unspecified atom stereocenters. The third-order valence-corrected chi connectivity index (χ3v) is 1.77.